The summed E-state index contributed by atoms with van der Waals surface area (Å²) in [5, 5.41) is 43.5. The molecule has 8 nitrogen and oxygen atoms in total. The molecular formula is C61H104N2O6S2. The number of carbonyl (C=O) groups is 2. The van der Waals surface area contributed by atoms with Crippen LogP contribution in [-0.2, 0) is 9.59 Å². The average molecular weight is 1030 g/mol. The van der Waals surface area contributed by atoms with Gasteiger partial charge in [0.15, 0.2) is 5.12 Å². The normalized spacial score (nSPS) is 14.7. The van der Waals surface area contributed by atoms with Gasteiger partial charge in [-0.25, -0.2) is 0 Å². The van der Waals surface area contributed by atoms with Gasteiger partial charge in [0.25, 0.3) is 0 Å². The van der Waals surface area contributed by atoms with Crippen molar-refractivity contribution < 1.29 is 30.0 Å². The number of nitrogens with zero attached hydrogens (tertiary/aromatic N) is 2. The Balaban J connectivity index is 5.20. The number of carbonyl (C=O) groups excluding carboxylic acids is 2. The van der Waals surface area contributed by atoms with Crippen molar-refractivity contribution in [3.05, 3.63) is 109 Å². The molecule has 0 fully saturated rings. The molecule has 0 amide bonds. The maximum absolute atomic E-state index is 12.9. The van der Waals surface area contributed by atoms with Crippen molar-refractivity contribution in [2.75, 3.05) is 50.8 Å². The first-order valence-electron chi connectivity index (χ1n) is 28.0. The van der Waals surface area contributed by atoms with Gasteiger partial charge in [0.05, 0.1) is 24.4 Å². The number of unbranched alkanes of at least 4 members (excludes halogenated alkanes) is 12. The first-order valence-corrected chi connectivity index (χ1v) is 30.0. The molecular weight excluding hydrogens is 921 g/mol. The SMILES string of the molecule is CCCCC/C=C\C/C=C\CC(O)CN(CCSC(=O)/C=C/CC(=O)SCCN(CC(O)C/C=C\C/C=C\CCCCC)CC(O)C/C=C\C/C=C\CCCCC)CC(O)C/C=C\C/C=C\CCCCC. The van der Waals surface area contributed by atoms with E-state index in [0.717, 1.165) is 51.4 Å². The van der Waals surface area contributed by atoms with E-state index in [-0.39, 0.29) is 16.7 Å². The van der Waals surface area contributed by atoms with Gasteiger partial charge in [-0.1, -0.05) is 206 Å². The standard InChI is InChI=1S/C61H104N2O6S2/c1-5-9-13-17-21-25-29-33-37-42-56(64)52-62(53-57(65)43-38-34-30-26-22-18-14-10-6-2)48-50-70-60(68)46-41-47-61(69)71-51-49-63(54-58(66)44-39-35-31-27-23-19-15-11-7-3)55-59(67)45-40-36-32-28-24-20-16-12-8-4/h21-28,33-41,46,56-59,64-67H,5-20,29-32,42-45,47-55H2,1-4H3/b25-21-,26-22-,27-23-,28-24-,37-33-,38-34-,39-35-,40-36-,46-41+. The Labute approximate surface area is 444 Å². The molecule has 10 heteroatoms. The maximum Gasteiger partial charge on any atom is 0.211 e. The molecule has 0 aromatic rings. The second-order valence-electron chi connectivity index (χ2n) is 18.8. The molecule has 0 aliphatic carbocycles. The van der Waals surface area contributed by atoms with Crippen LogP contribution < -0.4 is 0 Å². The first kappa shape index (κ1) is 68.5. The lowest BCUT2D eigenvalue weighted by Gasteiger charge is -2.26. The summed E-state index contributed by atoms with van der Waals surface area (Å²) in [5.41, 5.74) is 0. The highest BCUT2D eigenvalue weighted by atomic mass is 32.2. The van der Waals surface area contributed by atoms with Crippen LogP contribution in [0.4, 0.5) is 0 Å². The number of aliphatic hydroxyl groups is 4. The molecule has 0 heterocycles. The third kappa shape index (κ3) is 50.8. The van der Waals surface area contributed by atoms with E-state index in [1.54, 1.807) is 6.08 Å². The quantitative estimate of drug-likeness (QED) is 0.0266. The predicted octanol–water partition coefficient (Wildman–Crippen LogP) is 14.4. The molecule has 0 saturated heterocycles. The minimum atomic E-state index is -0.592. The van der Waals surface area contributed by atoms with Gasteiger partial charge >= 0.3 is 0 Å². The highest BCUT2D eigenvalue weighted by Gasteiger charge is 2.17. The Hall–Kier alpha value is -2.54. The molecule has 0 spiro atoms. The van der Waals surface area contributed by atoms with Gasteiger partial charge in [0, 0.05) is 57.2 Å². The van der Waals surface area contributed by atoms with E-state index in [2.05, 4.69) is 101 Å². The minimum absolute atomic E-state index is 0.0419. The summed E-state index contributed by atoms with van der Waals surface area (Å²) in [5.74, 6) is 1.01. The molecule has 406 valence electrons. The number of hydrogen-bond acceptors (Lipinski definition) is 10. The summed E-state index contributed by atoms with van der Waals surface area (Å²) in [7, 11) is 0. The van der Waals surface area contributed by atoms with E-state index in [1.807, 2.05) is 34.1 Å². The van der Waals surface area contributed by atoms with Crippen molar-refractivity contribution >= 4 is 33.8 Å². The largest absolute Gasteiger partial charge is 0.391 e. The van der Waals surface area contributed by atoms with Gasteiger partial charge in [0.2, 0.25) is 5.12 Å². The first-order chi connectivity index (χ1) is 34.6. The molecule has 0 aliphatic heterocycles. The summed E-state index contributed by atoms with van der Waals surface area (Å²) < 4.78 is 0. The van der Waals surface area contributed by atoms with Crippen molar-refractivity contribution in [1.82, 2.24) is 9.80 Å². The van der Waals surface area contributed by atoms with Gasteiger partial charge in [-0.2, -0.15) is 0 Å². The van der Waals surface area contributed by atoms with Crippen LogP contribution in [0.1, 0.15) is 188 Å². The van der Waals surface area contributed by atoms with Gasteiger partial charge in [-0.3, -0.25) is 19.4 Å². The number of hydrogen-bond donors (Lipinski definition) is 4. The molecule has 4 atom stereocenters. The Morgan fingerprint density at radius 1 is 0.394 bits per heavy atom. The zero-order valence-electron chi connectivity index (χ0n) is 45.4. The molecule has 0 radical (unpaired) electrons. The van der Waals surface area contributed by atoms with Gasteiger partial charge in [-0.05, 0) is 109 Å². The second-order valence-corrected chi connectivity index (χ2v) is 21.0. The zero-order chi connectivity index (χ0) is 52.1. The second kappa shape index (κ2) is 53.7. The van der Waals surface area contributed by atoms with Crippen LogP contribution in [0, 0.1) is 0 Å². The highest BCUT2D eigenvalue weighted by molar-refractivity contribution is 8.14. The zero-order valence-corrected chi connectivity index (χ0v) is 47.0. The van der Waals surface area contributed by atoms with E-state index < -0.39 is 24.4 Å². The van der Waals surface area contributed by atoms with Crippen LogP contribution in [0.2, 0.25) is 0 Å². The van der Waals surface area contributed by atoms with Crippen LogP contribution in [0.15, 0.2) is 109 Å². The van der Waals surface area contributed by atoms with Gasteiger partial charge in [-0.15, -0.1) is 0 Å². The summed E-state index contributed by atoms with van der Waals surface area (Å²) in [6, 6.07) is 0. The molecule has 0 saturated carbocycles. The molecule has 0 aromatic carbocycles. The molecule has 4 unspecified atom stereocenters. The van der Waals surface area contributed by atoms with E-state index in [1.165, 1.54) is 107 Å². The van der Waals surface area contributed by atoms with Crippen molar-refractivity contribution in [3.8, 4) is 0 Å². The molecule has 0 bridgehead atoms. The van der Waals surface area contributed by atoms with Crippen LogP contribution in [0.3, 0.4) is 0 Å². The number of aliphatic hydroxyl groups excluding tert-OH is 4. The van der Waals surface area contributed by atoms with E-state index in [0.29, 0.717) is 76.5 Å². The van der Waals surface area contributed by atoms with Crippen LogP contribution in [0.25, 0.3) is 0 Å². The van der Waals surface area contributed by atoms with Crippen molar-refractivity contribution in [1.29, 1.82) is 0 Å². The fourth-order valence-electron chi connectivity index (χ4n) is 7.54. The van der Waals surface area contributed by atoms with Crippen LogP contribution in [0.5, 0.6) is 0 Å². The lowest BCUT2D eigenvalue weighted by atomic mass is 10.1. The van der Waals surface area contributed by atoms with E-state index >= 15 is 0 Å². The lowest BCUT2D eigenvalue weighted by Crippen LogP contribution is -2.39. The number of allylic oxidation sites excluding steroid dienone is 13. The monoisotopic (exact) mass is 1020 g/mol. The van der Waals surface area contributed by atoms with Gasteiger partial charge in [0.1, 0.15) is 0 Å². The molecule has 0 aromatic heterocycles. The highest BCUT2D eigenvalue weighted by Crippen LogP contribution is 2.13. The van der Waals surface area contributed by atoms with Crippen LogP contribution in [-0.4, -0.2) is 116 Å². The summed E-state index contributed by atoms with van der Waals surface area (Å²) >= 11 is 2.38. The summed E-state index contributed by atoms with van der Waals surface area (Å²) in [4.78, 5) is 29.8. The topological polar surface area (TPSA) is 122 Å². The lowest BCUT2D eigenvalue weighted by molar-refractivity contribution is -0.110. The number of thioether (sulfide) groups is 2. The third-order valence-corrected chi connectivity index (χ3v) is 13.4. The fraction of sp³-hybridized carbons (Fsp3) is 0.672. The molecule has 71 heavy (non-hydrogen) atoms. The Bertz CT molecular complexity index is 1420. The fourth-order valence-corrected chi connectivity index (χ4v) is 9.08. The molecule has 0 aliphatic rings. The summed E-state index contributed by atoms with van der Waals surface area (Å²) in [6.45, 7) is 11.5. The van der Waals surface area contributed by atoms with Gasteiger partial charge < -0.3 is 20.4 Å². The molecule has 4 N–H and O–H groups in total. The Kier molecular flexibility index (Phi) is 51.8. The minimum Gasteiger partial charge on any atom is -0.391 e. The predicted molar refractivity (Wildman–Crippen MR) is 312 cm³/mol. The maximum atomic E-state index is 12.9. The van der Waals surface area contributed by atoms with Crippen molar-refractivity contribution in [3.63, 3.8) is 0 Å². The average Bonchev–Trinajstić information content (AvgIpc) is 3.34. The van der Waals surface area contributed by atoms with Crippen LogP contribution >= 0.6 is 23.5 Å². The summed E-state index contributed by atoms with van der Waals surface area (Å²) in [6.07, 6.45) is 59.6. The van der Waals surface area contributed by atoms with E-state index in [9.17, 15) is 30.0 Å². The van der Waals surface area contributed by atoms with E-state index in [4.69, 9.17) is 0 Å². The smallest absolute Gasteiger partial charge is 0.211 e. The number of rotatable bonds is 49. The van der Waals surface area contributed by atoms with Crippen molar-refractivity contribution in [2.24, 2.45) is 0 Å². The Morgan fingerprint density at radius 2 is 0.690 bits per heavy atom. The molecule has 0 rings (SSSR count). The van der Waals surface area contributed by atoms with Crippen molar-refractivity contribution in [2.45, 2.75) is 213 Å². The Morgan fingerprint density at radius 3 is 1.00 bits per heavy atom. The third-order valence-electron chi connectivity index (χ3n) is 11.7.